The molecule has 6 nitrogen and oxygen atoms in total. The number of rotatable bonds is 36. The molecule has 54 heavy (non-hydrogen) atoms. The summed E-state index contributed by atoms with van der Waals surface area (Å²) in [5.41, 5.74) is 0. The van der Waals surface area contributed by atoms with Gasteiger partial charge in [-0.3, -0.25) is 0 Å². The monoisotopic (exact) mass is 926 g/mol. The minimum atomic E-state index is -1.04. The number of carbonyl (C=O) groups is 3. The van der Waals surface area contributed by atoms with Gasteiger partial charge in [0.05, 0.1) is 17.9 Å². The van der Waals surface area contributed by atoms with Gasteiger partial charge in [-0.1, -0.05) is 175 Å². The topological polar surface area (TPSA) is 120 Å². The minimum absolute atomic E-state index is 0.579. The van der Waals surface area contributed by atoms with Crippen LogP contribution < -0.4 is 15.3 Å². The second-order valence-electron chi connectivity index (χ2n) is 14.8. The number of carboxylic acid groups (broad SMARTS) is 3. The van der Waals surface area contributed by atoms with Gasteiger partial charge >= 0.3 is 72.4 Å². The Labute approximate surface area is 365 Å². The summed E-state index contributed by atoms with van der Waals surface area (Å²) in [6.07, 6.45) is 40.2. The first kappa shape index (κ1) is 60.9. The van der Waals surface area contributed by atoms with Gasteiger partial charge in [-0.05, 0) is 19.3 Å². The van der Waals surface area contributed by atoms with Crippen molar-refractivity contribution in [3.63, 3.8) is 0 Å². The molecule has 0 aliphatic heterocycles. The molecule has 0 amide bonds. The number of unbranched alkanes of at least 4 members (excludes halogenated alkanes) is 26. The third kappa shape index (κ3) is 59.0. The van der Waals surface area contributed by atoms with Gasteiger partial charge in [0.25, 0.3) is 0 Å². The Kier molecular flexibility index (Phi) is 60.1. The molecule has 0 rings (SSSR count). The Hall–Kier alpha value is 0.259. The first-order valence-corrected chi connectivity index (χ1v) is 25.8. The van der Waals surface area contributed by atoms with Crippen molar-refractivity contribution in [2.45, 2.75) is 260 Å². The molecule has 0 N–H and O–H groups in total. The van der Waals surface area contributed by atoms with E-state index < -0.39 is 33.7 Å². The quantitative estimate of drug-likeness (QED) is 0.0327. The van der Waals surface area contributed by atoms with Crippen molar-refractivity contribution in [2.75, 3.05) is 0 Å². The molecule has 0 radical (unpaired) electrons. The van der Waals surface area contributed by atoms with E-state index in [0.29, 0.717) is 19.3 Å². The van der Waals surface area contributed by atoms with Crippen LogP contribution in [0.4, 0.5) is 0 Å². The van der Waals surface area contributed by atoms with Crippen molar-refractivity contribution >= 4 is 78.3 Å². The van der Waals surface area contributed by atoms with E-state index in [1.165, 1.54) is 159 Å². The molecule has 0 aliphatic carbocycles. The van der Waals surface area contributed by atoms with Crippen LogP contribution in [0, 0.1) is 0 Å². The van der Waals surface area contributed by atoms with Crippen molar-refractivity contribution in [1.29, 1.82) is 0 Å². The molecule has 0 saturated carbocycles. The SMILES string of the molecule is CCCCCCCCCCC(S)C(=O)[O-].CCCCCCCCCCC(S)C(=O)[O-].CCCCCCCCCCC(S)C(=O)[O-].CCCCCCC[CH2][Sn+3]. The van der Waals surface area contributed by atoms with Gasteiger partial charge in [0, 0.05) is 15.7 Å². The van der Waals surface area contributed by atoms with Crippen molar-refractivity contribution < 1.29 is 29.7 Å². The summed E-state index contributed by atoms with van der Waals surface area (Å²) in [6.45, 7) is 8.91. The van der Waals surface area contributed by atoms with E-state index in [1.807, 2.05) is 0 Å². The average Bonchev–Trinajstić information content (AvgIpc) is 3.15. The van der Waals surface area contributed by atoms with Crippen LogP contribution in [0.5, 0.6) is 0 Å². The number of carbonyl (C=O) groups excluding carboxylic acids is 3. The van der Waals surface area contributed by atoms with E-state index in [9.17, 15) is 29.7 Å². The van der Waals surface area contributed by atoms with Crippen molar-refractivity contribution in [2.24, 2.45) is 0 Å². The fourth-order valence-electron chi connectivity index (χ4n) is 5.67. The van der Waals surface area contributed by atoms with Crippen LogP contribution in [0.25, 0.3) is 0 Å². The summed E-state index contributed by atoms with van der Waals surface area (Å²) < 4.78 is 1.46. The molecule has 0 aliphatic rings. The van der Waals surface area contributed by atoms with E-state index in [1.54, 1.807) is 22.5 Å². The number of thiol groups is 3. The zero-order valence-electron chi connectivity index (χ0n) is 35.6. The van der Waals surface area contributed by atoms with Crippen LogP contribution in [0.1, 0.15) is 240 Å². The van der Waals surface area contributed by atoms with Gasteiger partial charge in [0.15, 0.2) is 0 Å². The molecule has 0 fully saturated rings. The summed E-state index contributed by atoms with van der Waals surface area (Å²) in [6, 6.07) is 0. The number of aliphatic carboxylic acids is 3. The van der Waals surface area contributed by atoms with Crippen LogP contribution in [-0.4, -0.2) is 56.2 Å². The molecule has 0 aromatic carbocycles. The summed E-state index contributed by atoms with van der Waals surface area (Å²) in [5, 5.41) is 29.3. The predicted octanol–water partition coefficient (Wildman–Crippen LogP) is 10.6. The summed E-state index contributed by atoms with van der Waals surface area (Å²) in [4.78, 5) is 31.0. The summed E-state index contributed by atoms with van der Waals surface area (Å²) in [7, 11) is 0. The Balaban J connectivity index is -0.000000314. The van der Waals surface area contributed by atoms with E-state index in [-0.39, 0.29) is 0 Å². The average molecular weight is 926 g/mol. The number of hydrogen-bond acceptors (Lipinski definition) is 9. The maximum atomic E-state index is 10.3. The molecule has 0 aromatic rings. The van der Waals surface area contributed by atoms with E-state index >= 15 is 0 Å². The van der Waals surface area contributed by atoms with Crippen LogP contribution >= 0.6 is 37.9 Å². The standard InChI is InChI=1S/3C12H24O2S.C8H17.Sn/c3*1-2-3-4-5-6-7-8-9-10-11(15)12(13)14;1-3-5-7-8-6-4-2;/h3*11,15H,2-10H2,1H3,(H,13,14);1,3-8H2,2H3;/q;;;;+3/p-3. The third-order valence-electron chi connectivity index (χ3n) is 9.34. The van der Waals surface area contributed by atoms with E-state index in [0.717, 1.165) is 38.5 Å². The molecular formula is C44H86O6S3Sn. The molecule has 320 valence electrons. The van der Waals surface area contributed by atoms with Crippen LogP contribution in [0.15, 0.2) is 0 Å². The number of hydrogen-bond donors (Lipinski definition) is 3. The first-order valence-electron chi connectivity index (χ1n) is 22.3. The van der Waals surface area contributed by atoms with Crippen molar-refractivity contribution in [1.82, 2.24) is 0 Å². The Morgan fingerprint density at radius 2 is 0.519 bits per heavy atom. The second-order valence-corrected chi connectivity index (χ2v) is 18.1. The fraction of sp³-hybridized carbons (Fsp3) is 0.932. The van der Waals surface area contributed by atoms with E-state index in [4.69, 9.17) is 0 Å². The zero-order valence-corrected chi connectivity index (χ0v) is 41.1. The van der Waals surface area contributed by atoms with Crippen LogP contribution in [0.3, 0.4) is 0 Å². The molecular weight excluding hydrogens is 839 g/mol. The Bertz CT molecular complexity index is 670. The van der Waals surface area contributed by atoms with Gasteiger partial charge in [-0.15, -0.1) is 0 Å². The van der Waals surface area contributed by atoms with Gasteiger partial charge in [0.1, 0.15) is 0 Å². The Morgan fingerprint density at radius 1 is 0.352 bits per heavy atom. The zero-order chi connectivity index (χ0) is 41.5. The predicted molar refractivity (Wildman–Crippen MR) is 239 cm³/mol. The van der Waals surface area contributed by atoms with Crippen molar-refractivity contribution in [3.8, 4) is 0 Å². The Morgan fingerprint density at radius 3 is 0.685 bits per heavy atom. The summed E-state index contributed by atoms with van der Waals surface area (Å²) in [5.74, 6) is -3.12. The molecule has 0 bridgehead atoms. The number of carboxylic acids is 3. The molecule has 10 heteroatoms. The van der Waals surface area contributed by atoms with Gasteiger partial charge in [-0.25, -0.2) is 0 Å². The molecule has 3 unspecified atom stereocenters. The van der Waals surface area contributed by atoms with E-state index in [2.05, 4.69) is 65.6 Å². The third-order valence-corrected chi connectivity index (χ3v) is 11.8. The molecule has 0 heterocycles. The van der Waals surface area contributed by atoms with Gasteiger partial charge < -0.3 is 29.7 Å². The van der Waals surface area contributed by atoms with Gasteiger partial charge in [-0.2, -0.15) is 37.9 Å². The van der Waals surface area contributed by atoms with Crippen LogP contribution in [0.2, 0.25) is 4.44 Å². The molecule has 0 spiro atoms. The van der Waals surface area contributed by atoms with Crippen LogP contribution in [-0.2, 0) is 14.4 Å². The van der Waals surface area contributed by atoms with Gasteiger partial charge in [0.2, 0.25) is 0 Å². The fourth-order valence-corrected chi connectivity index (χ4v) is 6.93. The molecule has 3 atom stereocenters. The summed E-state index contributed by atoms with van der Waals surface area (Å²) >= 11 is 13.5. The van der Waals surface area contributed by atoms with Crippen molar-refractivity contribution in [3.05, 3.63) is 0 Å². The second kappa shape index (κ2) is 53.3. The maximum absolute atomic E-state index is 10.3. The first-order chi connectivity index (χ1) is 26.0. The normalized spacial score (nSPS) is 12.2. The molecule has 0 aromatic heterocycles. The molecule has 0 saturated heterocycles.